The number of rotatable bonds is 8. The number of thioether (sulfide) groups is 1. The predicted molar refractivity (Wildman–Crippen MR) is 136 cm³/mol. The van der Waals surface area contributed by atoms with Gasteiger partial charge in [0.2, 0.25) is 0 Å². The van der Waals surface area contributed by atoms with E-state index in [1.165, 1.54) is 18.3 Å². The maximum atomic E-state index is 13.5. The highest BCUT2D eigenvalue weighted by atomic mass is 35.5. The molecule has 1 N–H and O–H groups in total. The third kappa shape index (κ3) is 6.16. The quantitative estimate of drug-likeness (QED) is 0.267. The molecule has 0 saturated heterocycles. The molecule has 1 amide bonds. The predicted octanol–water partition coefficient (Wildman–Crippen LogP) is 5.02. The van der Waals surface area contributed by atoms with E-state index in [1.807, 2.05) is 37.4 Å². The van der Waals surface area contributed by atoms with Crippen molar-refractivity contribution in [1.29, 1.82) is 0 Å². The molecule has 9 heteroatoms. The fourth-order valence-corrected chi connectivity index (χ4v) is 5.09. The number of carbonyl (C=O) groups is 1. The average Bonchev–Trinajstić information content (AvgIpc) is 2.80. The van der Waals surface area contributed by atoms with Gasteiger partial charge in [-0.05, 0) is 67.6 Å². The molecule has 3 rings (SSSR count). The van der Waals surface area contributed by atoms with Gasteiger partial charge in [0.15, 0.2) is 0 Å². The van der Waals surface area contributed by atoms with Crippen LogP contribution in [0.2, 0.25) is 5.02 Å². The van der Waals surface area contributed by atoms with Gasteiger partial charge in [0, 0.05) is 9.92 Å². The van der Waals surface area contributed by atoms with Gasteiger partial charge < -0.3 is 0 Å². The van der Waals surface area contributed by atoms with Crippen LogP contribution in [0.15, 0.2) is 81.6 Å². The molecule has 0 unspecified atom stereocenters. The van der Waals surface area contributed by atoms with Gasteiger partial charge in [-0.2, -0.15) is 5.10 Å². The maximum absolute atomic E-state index is 13.5. The minimum atomic E-state index is -4.03. The number of benzene rings is 3. The summed E-state index contributed by atoms with van der Waals surface area (Å²) in [6.45, 7) is 3.12. The fourth-order valence-electron chi connectivity index (χ4n) is 3.04. The Labute approximate surface area is 203 Å². The number of sulfonamides is 1. The van der Waals surface area contributed by atoms with Crippen LogP contribution in [0.4, 0.5) is 5.69 Å². The molecule has 0 aliphatic carbocycles. The molecule has 0 spiro atoms. The molecule has 0 radical (unpaired) electrons. The van der Waals surface area contributed by atoms with E-state index < -0.39 is 22.5 Å². The van der Waals surface area contributed by atoms with Gasteiger partial charge in [0.25, 0.3) is 15.9 Å². The van der Waals surface area contributed by atoms with Crippen molar-refractivity contribution in [2.45, 2.75) is 23.6 Å². The summed E-state index contributed by atoms with van der Waals surface area (Å²) in [5.41, 5.74) is 5.03. The smallest absolute Gasteiger partial charge is 0.264 e. The standard InChI is InChI=1S/C24H24ClN3O3S2/c1-17-7-13-21(14-8-17)33(30,31)28(23-6-4-5-22(25)18(23)2)16-24(29)27-26-15-19-9-11-20(32-3)12-10-19/h4-15H,16H2,1-3H3,(H,27,29)/b26-15-. The first-order valence-electron chi connectivity index (χ1n) is 10.0. The minimum absolute atomic E-state index is 0.0812. The van der Waals surface area contributed by atoms with Crippen LogP contribution in [0.25, 0.3) is 0 Å². The second-order valence-electron chi connectivity index (χ2n) is 7.28. The molecule has 0 atom stereocenters. The Bertz CT molecular complexity index is 1260. The van der Waals surface area contributed by atoms with Crippen molar-refractivity contribution in [2.24, 2.45) is 5.10 Å². The lowest BCUT2D eigenvalue weighted by Gasteiger charge is -2.25. The number of hydrogen-bond acceptors (Lipinski definition) is 5. The Hall–Kier alpha value is -2.81. The number of anilines is 1. The van der Waals surface area contributed by atoms with Crippen molar-refractivity contribution in [3.05, 3.63) is 88.4 Å². The zero-order chi connectivity index (χ0) is 24.0. The highest BCUT2D eigenvalue weighted by Crippen LogP contribution is 2.30. The van der Waals surface area contributed by atoms with Crippen LogP contribution in [-0.4, -0.2) is 33.3 Å². The number of hydrogen-bond donors (Lipinski definition) is 1. The van der Waals surface area contributed by atoms with Gasteiger partial charge in [0.05, 0.1) is 16.8 Å². The van der Waals surface area contributed by atoms with Gasteiger partial charge in [0.1, 0.15) is 6.54 Å². The first-order valence-corrected chi connectivity index (χ1v) is 13.1. The fraction of sp³-hybridized carbons (Fsp3) is 0.167. The van der Waals surface area contributed by atoms with Crippen LogP contribution in [-0.2, 0) is 14.8 Å². The second kappa shape index (κ2) is 10.9. The van der Waals surface area contributed by atoms with Crippen LogP contribution >= 0.6 is 23.4 Å². The number of nitrogens with one attached hydrogen (secondary N) is 1. The third-order valence-electron chi connectivity index (χ3n) is 4.92. The Morgan fingerprint density at radius 3 is 2.36 bits per heavy atom. The van der Waals surface area contributed by atoms with Crippen LogP contribution in [0.1, 0.15) is 16.7 Å². The molecule has 33 heavy (non-hydrogen) atoms. The molecule has 0 aliphatic heterocycles. The van der Waals surface area contributed by atoms with Crippen LogP contribution in [0.3, 0.4) is 0 Å². The molecule has 3 aromatic carbocycles. The van der Waals surface area contributed by atoms with Gasteiger partial charge in [-0.25, -0.2) is 13.8 Å². The molecular weight excluding hydrogens is 478 g/mol. The second-order valence-corrected chi connectivity index (χ2v) is 10.4. The third-order valence-corrected chi connectivity index (χ3v) is 7.85. The van der Waals surface area contributed by atoms with Crippen molar-refractivity contribution in [3.63, 3.8) is 0 Å². The van der Waals surface area contributed by atoms with E-state index in [9.17, 15) is 13.2 Å². The zero-order valence-electron chi connectivity index (χ0n) is 18.4. The molecule has 0 aliphatic rings. The van der Waals surface area contributed by atoms with Gasteiger partial charge >= 0.3 is 0 Å². The van der Waals surface area contributed by atoms with Crippen molar-refractivity contribution in [1.82, 2.24) is 5.43 Å². The lowest BCUT2D eigenvalue weighted by molar-refractivity contribution is -0.119. The number of aryl methyl sites for hydroxylation is 1. The molecule has 0 bridgehead atoms. The maximum Gasteiger partial charge on any atom is 0.264 e. The zero-order valence-corrected chi connectivity index (χ0v) is 20.8. The van der Waals surface area contributed by atoms with Crippen LogP contribution < -0.4 is 9.73 Å². The van der Waals surface area contributed by atoms with E-state index in [0.29, 0.717) is 16.3 Å². The van der Waals surface area contributed by atoms with Crippen molar-refractivity contribution in [2.75, 3.05) is 17.1 Å². The molecule has 6 nitrogen and oxygen atoms in total. The lowest BCUT2D eigenvalue weighted by Crippen LogP contribution is -2.40. The summed E-state index contributed by atoms with van der Waals surface area (Å²) in [4.78, 5) is 13.9. The topological polar surface area (TPSA) is 78.8 Å². The van der Waals surface area contributed by atoms with E-state index in [2.05, 4.69) is 10.5 Å². The van der Waals surface area contributed by atoms with E-state index in [4.69, 9.17) is 11.6 Å². The summed E-state index contributed by atoms with van der Waals surface area (Å²) in [5, 5.41) is 4.38. The van der Waals surface area contributed by atoms with E-state index >= 15 is 0 Å². The summed E-state index contributed by atoms with van der Waals surface area (Å²) in [5.74, 6) is -0.581. The van der Waals surface area contributed by atoms with E-state index in [0.717, 1.165) is 20.3 Å². The normalized spacial score (nSPS) is 11.5. The SMILES string of the molecule is CSc1ccc(/C=N\NC(=O)CN(c2cccc(Cl)c2C)S(=O)(=O)c2ccc(C)cc2)cc1. The van der Waals surface area contributed by atoms with Gasteiger partial charge in [-0.1, -0.05) is 47.5 Å². The number of halogens is 1. The molecule has 0 saturated carbocycles. The Balaban J connectivity index is 1.86. The number of hydrazone groups is 1. The summed E-state index contributed by atoms with van der Waals surface area (Å²) >= 11 is 7.87. The number of amides is 1. The molecule has 3 aromatic rings. The number of carbonyl (C=O) groups excluding carboxylic acids is 1. The average molecular weight is 502 g/mol. The van der Waals surface area contributed by atoms with Gasteiger partial charge in [-0.15, -0.1) is 11.8 Å². The summed E-state index contributed by atoms with van der Waals surface area (Å²) in [6.07, 6.45) is 3.49. The monoisotopic (exact) mass is 501 g/mol. The van der Waals surface area contributed by atoms with Crippen molar-refractivity contribution >= 4 is 51.2 Å². The first-order chi connectivity index (χ1) is 15.7. The highest BCUT2D eigenvalue weighted by Gasteiger charge is 2.28. The van der Waals surface area contributed by atoms with Crippen molar-refractivity contribution in [3.8, 4) is 0 Å². The summed E-state index contributed by atoms with van der Waals surface area (Å²) < 4.78 is 28.0. The largest absolute Gasteiger partial charge is 0.271 e. The highest BCUT2D eigenvalue weighted by molar-refractivity contribution is 7.98. The Kier molecular flexibility index (Phi) is 8.18. The van der Waals surface area contributed by atoms with E-state index in [1.54, 1.807) is 49.0 Å². The summed E-state index contributed by atoms with van der Waals surface area (Å²) in [7, 11) is -4.03. The van der Waals surface area contributed by atoms with E-state index in [-0.39, 0.29) is 4.90 Å². The first kappa shape index (κ1) is 24.8. The molecule has 0 heterocycles. The number of nitrogens with zero attached hydrogens (tertiary/aromatic N) is 2. The van der Waals surface area contributed by atoms with Crippen LogP contribution in [0, 0.1) is 13.8 Å². The minimum Gasteiger partial charge on any atom is -0.271 e. The molecule has 0 fully saturated rings. The van der Waals surface area contributed by atoms with Crippen LogP contribution in [0.5, 0.6) is 0 Å². The molecule has 0 aromatic heterocycles. The Morgan fingerprint density at radius 2 is 1.73 bits per heavy atom. The summed E-state index contributed by atoms with van der Waals surface area (Å²) in [6, 6.07) is 19.1. The molecular formula is C24H24ClN3O3S2. The Morgan fingerprint density at radius 1 is 1.06 bits per heavy atom. The van der Waals surface area contributed by atoms with Crippen molar-refractivity contribution < 1.29 is 13.2 Å². The molecule has 172 valence electrons. The van der Waals surface area contributed by atoms with Gasteiger partial charge in [-0.3, -0.25) is 9.10 Å². The lowest BCUT2D eigenvalue weighted by atomic mass is 10.2.